The van der Waals surface area contributed by atoms with Gasteiger partial charge in [-0.1, -0.05) is 47.5 Å². The molecular formula is C23H15Cl2FN2O2. The molecule has 0 atom stereocenters. The second-order valence-corrected chi connectivity index (χ2v) is 7.07. The Morgan fingerprint density at radius 1 is 1.07 bits per heavy atom. The average molecular weight is 441 g/mol. The molecule has 3 aromatic rings. The summed E-state index contributed by atoms with van der Waals surface area (Å²) < 4.78 is 19.6. The molecule has 0 unspecified atom stereocenters. The lowest BCUT2D eigenvalue weighted by atomic mass is 10.1. The number of carbonyl (C=O) groups is 1. The van der Waals surface area contributed by atoms with Gasteiger partial charge in [0.25, 0.3) is 5.91 Å². The number of anilines is 1. The van der Waals surface area contributed by atoms with Crippen molar-refractivity contribution in [3.63, 3.8) is 0 Å². The van der Waals surface area contributed by atoms with Crippen LogP contribution in [0.3, 0.4) is 0 Å². The first-order valence-corrected chi connectivity index (χ1v) is 9.56. The summed E-state index contributed by atoms with van der Waals surface area (Å²) in [6.45, 7) is -0.0221. The van der Waals surface area contributed by atoms with Crippen LogP contribution in [0.25, 0.3) is 6.08 Å². The van der Waals surface area contributed by atoms with Crippen LogP contribution in [-0.4, -0.2) is 5.91 Å². The van der Waals surface area contributed by atoms with Gasteiger partial charge in [0.15, 0.2) is 0 Å². The Morgan fingerprint density at radius 2 is 1.83 bits per heavy atom. The lowest BCUT2D eigenvalue weighted by molar-refractivity contribution is -0.112. The van der Waals surface area contributed by atoms with E-state index in [1.165, 1.54) is 12.1 Å². The Kier molecular flexibility index (Phi) is 7.08. The minimum absolute atomic E-state index is 0.0221. The van der Waals surface area contributed by atoms with Gasteiger partial charge in [-0.05, 0) is 48.5 Å². The third-order valence-corrected chi connectivity index (χ3v) is 4.53. The van der Waals surface area contributed by atoms with Crippen molar-refractivity contribution in [2.24, 2.45) is 0 Å². The van der Waals surface area contributed by atoms with Gasteiger partial charge < -0.3 is 10.1 Å². The zero-order chi connectivity index (χ0) is 21.5. The van der Waals surface area contributed by atoms with Crippen molar-refractivity contribution in [1.29, 1.82) is 5.26 Å². The SMILES string of the molecule is N#C/C(=C\c1cc(Cl)ccc1OCc1ccccc1F)C(=O)Nc1cccc(Cl)c1. The van der Waals surface area contributed by atoms with E-state index >= 15 is 0 Å². The smallest absolute Gasteiger partial charge is 0.266 e. The zero-order valence-corrected chi connectivity index (χ0v) is 17.0. The standard InChI is InChI=1S/C23H15Cl2FN2O2/c24-18-5-3-6-20(12-18)28-23(29)17(13-27)10-16-11-19(25)8-9-22(16)30-14-15-4-1-2-7-21(15)26/h1-12H,14H2,(H,28,29)/b17-10+. The van der Waals surface area contributed by atoms with Gasteiger partial charge in [-0.25, -0.2) is 4.39 Å². The number of hydrogen-bond acceptors (Lipinski definition) is 3. The molecule has 30 heavy (non-hydrogen) atoms. The zero-order valence-electron chi connectivity index (χ0n) is 15.5. The first-order valence-electron chi connectivity index (χ1n) is 8.81. The second-order valence-electron chi connectivity index (χ2n) is 6.20. The Bertz CT molecular complexity index is 1160. The number of hydrogen-bond donors (Lipinski definition) is 1. The molecule has 4 nitrogen and oxygen atoms in total. The predicted octanol–water partition coefficient (Wildman–Crippen LogP) is 6.26. The molecule has 150 valence electrons. The van der Waals surface area contributed by atoms with E-state index in [9.17, 15) is 14.4 Å². The highest BCUT2D eigenvalue weighted by atomic mass is 35.5. The summed E-state index contributed by atoms with van der Waals surface area (Å²) >= 11 is 12.0. The number of benzene rings is 3. The molecule has 3 aromatic carbocycles. The largest absolute Gasteiger partial charge is 0.488 e. The number of amides is 1. The van der Waals surface area contributed by atoms with Crippen LogP contribution in [-0.2, 0) is 11.4 Å². The lowest BCUT2D eigenvalue weighted by Crippen LogP contribution is -2.13. The molecule has 0 radical (unpaired) electrons. The molecule has 0 aliphatic carbocycles. The van der Waals surface area contributed by atoms with E-state index < -0.39 is 5.91 Å². The fourth-order valence-corrected chi connectivity index (χ4v) is 2.97. The monoisotopic (exact) mass is 440 g/mol. The third kappa shape index (κ3) is 5.60. The molecule has 0 fully saturated rings. The fraction of sp³-hybridized carbons (Fsp3) is 0.0435. The summed E-state index contributed by atoms with van der Waals surface area (Å²) in [5, 5.41) is 12.9. The van der Waals surface area contributed by atoms with Crippen LogP contribution >= 0.6 is 23.2 Å². The summed E-state index contributed by atoms with van der Waals surface area (Å²) in [6.07, 6.45) is 1.36. The number of nitriles is 1. The van der Waals surface area contributed by atoms with E-state index in [1.54, 1.807) is 60.7 Å². The Balaban J connectivity index is 1.84. The number of halogens is 3. The molecule has 1 amide bonds. The van der Waals surface area contributed by atoms with Gasteiger partial charge in [-0.15, -0.1) is 0 Å². The summed E-state index contributed by atoms with van der Waals surface area (Å²) in [6, 6.07) is 19.5. The molecule has 0 spiro atoms. The van der Waals surface area contributed by atoms with Crippen molar-refractivity contribution in [1.82, 2.24) is 0 Å². The van der Waals surface area contributed by atoms with Crippen LogP contribution in [0, 0.1) is 17.1 Å². The molecule has 0 aliphatic heterocycles. The molecule has 0 saturated heterocycles. The summed E-state index contributed by atoms with van der Waals surface area (Å²) in [5.74, 6) is -0.645. The van der Waals surface area contributed by atoms with Crippen molar-refractivity contribution in [3.8, 4) is 11.8 Å². The van der Waals surface area contributed by atoms with Gasteiger partial charge in [0.1, 0.15) is 29.8 Å². The van der Waals surface area contributed by atoms with Crippen LogP contribution in [0.5, 0.6) is 5.75 Å². The van der Waals surface area contributed by atoms with E-state index in [4.69, 9.17) is 27.9 Å². The summed E-state index contributed by atoms with van der Waals surface area (Å²) in [5.41, 5.74) is 1.09. The minimum Gasteiger partial charge on any atom is -0.488 e. The van der Waals surface area contributed by atoms with Gasteiger partial charge in [-0.2, -0.15) is 5.26 Å². The second kappa shape index (κ2) is 9.93. The third-order valence-electron chi connectivity index (χ3n) is 4.06. The topological polar surface area (TPSA) is 62.1 Å². The minimum atomic E-state index is -0.611. The van der Waals surface area contributed by atoms with Crippen molar-refractivity contribution in [2.75, 3.05) is 5.32 Å². The maximum atomic E-state index is 13.8. The van der Waals surface area contributed by atoms with E-state index in [2.05, 4.69) is 5.32 Å². The molecule has 1 N–H and O–H groups in total. The van der Waals surface area contributed by atoms with E-state index in [0.717, 1.165) is 0 Å². The lowest BCUT2D eigenvalue weighted by Gasteiger charge is -2.11. The first kappa shape index (κ1) is 21.4. The Labute approximate surface area is 183 Å². The molecule has 0 saturated carbocycles. The van der Waals surface area contributed by atoms with Crippen molar-refractivity contribution in [3.05, 3.63) is 99.3 Å². The number of rotatable bonds is 6. The number of ether oxygens (including phenoxy) is 1. The van der Waals surface area contributed by atoms with Crippen molar-refractivity contribution >= 4 is 40.9 Å². The quantitative estimate of drug-likeness (QED) is 0.363. The summed E-state index contributed by atoms with van der Waals surface area (Å²) in [4.78, 5) is 12.5. The molecule has 0 bridgehead atoms. The highest BCUT2D eigenvalue weighted by molar-refractivity contribution is 6.31. The van der Waals surface area contributed by atoms with E-state index in [-0.39, 0.29) is 18.0 Å². The van der Waals surface area contributed by atoms with Crippen LogP contribution in [0.15, 0.2) is 72.3 Å². The summed E-state index contributed by atoms with van der Waals surface area (Å²) in [7, 11) is 0. The van der Waals surface area contributed by atoms with Gasteiger partial charge in [-0.3, -0.25) is 4.79 Å². The fourth-order valence-electron chi connectivity index (χ4n) is 2.60. The van der Waals surface area contributed by atoms with Crippen molar-refractivity contribution in [2.45, 2.75) is 6.61 Å². The van der Waals surface area contributed by atoms with Gasteiger partial charge in [0.05, 0.1) is 0 Å². The molecule has 3 rings (SSSR count). The Hall–Kier alpha value is -3.33. The van der Waals surface area contributed by atoms with Crippen LogP contribution < -0.4 is 10.1 Å². The maximum absolute atomic E-state index is 13.8. The van der Waals surface area contributed by atoms with Gasteiger partial charge >= 0.3 is 0 Å². The van der Waals surface area contributed by atoms with Crippen molar-refractivity contribution < 1.29 is 13.9 Å². The molecular weight excluding hydrogens is 426 g/mol. The van der Waals surface area contributed by atoms with Gasteiger partial charge in [0, 0.05) is 26.9 Å². The molecule has 0 aliphatic rings. The molecule has 0 heterocycles. The predicted molar refractivity (Wildman–Crippen MR) is 116 cm³/mol. The van der Waals surface area contributed by atoms with Gasteiger partial charge in [0.2, 0.25) is 0 Å². The van der Waals surface area contributed by atoms with Crippen LogP contribution in [0.1, 0.15) is 11.1 Å². The van der Waals surface area contributed by atoms with Crippen LogP contribution in [0.4, 0.5) is 10.1 Å². The highest BCUT2D eigenvalue weighted by Crippen LogP contribution is 2.27. The highest BCUT2D eigenvalue weighted by Gasteiger charge is 2.13. The number of nitrogens with one attached hydrogen (secondary N) is 1. The molecule has 0 aromatic heterocycles. The number of carbonyl (C=O) groups excluding carboxylic acids is 1. The maximum Gasteiger partial charge on any atom is 0.266 e. The molecule has 7 heteroatoms. The average Bonchev–Trinajstić information content (AvgIpc) is 2.72. The number of nitrogens with zero attached hydrogens (tertiary/aromatic N) is 1. The van der Waals surface area contributed by atoms with E-state index in [1.807, 2.05) is 6.07 Å². The first-order chi connectivity index (χ1) is 14.5. The Morgan fingerprint density at radius 3 is 2.57 bits per heavy atom. The van der Waals surface area contributed by atoms with E-state index in [0.29, 0.717) is 32.6 Å². The van der Waals surface area contributed by atoms with Crippen LogP contribution in [0.2, 0.25) is 10.0 Å². The normalized spacial score (nSPS) is 10.9.